The highest BCUT2D eigenvalue weighted by atomic mass is 16.7. The van der Waals surface area contributed by atoms with Crippen LogP contribution in [0.2, 0.25) is 0 Å². The number of aliphatic hydroxyl groups is 1. The Morgan fingerprint density at radius 2 is 1.90 bits per heavy atom. The molecule has 0 heterocycles. The number of hydrogen-bond acceptors (Lipinski definition) is 3. The van der Waals surface area contributed by atoms with Crippen LogP contribution in [0.25, 0.3) is 0 Å². The Hall–Kier alpha value is -1.16. The quantitative estimate of drug-likeness (QED) is 0.663. The molecule has 0 bridgehead atoms. The van der Waals surface area contributed by atoms with Crippen LogP contribution in [0.15, 0.2) is 35.9 Å². The number of ether oxygens (including phenoxy) is 2. The molecule has 3 nitrogen and oxygen atoms in total. The number of rotatable bonds is 5. The highest BCUT2D eigenvalue weighted by molar-refractivity contribution is 5.43. The first kappa shape index (κ1) is 16.2. The Balaban J connectivity index is 2.60. The maximum Gasteiger partial charge on any atom is 0.194 e. The lowest BCUT2D eigenvalue weighted by Crippen LogP contribution is -2.36. The normalized spacial score (nSPS) is 26.0. The molecule has 0 spiro atoms. The Bertz CT molecular complexity index is 523. The van der Waals surface area contributed by atoms with Gasteiger partial charge in [-0.25, -0.2) is 0 Å². The van der Waals surface area contributed by atoms with E-state index in [0.717, 1.165) is 16.7 Å². The van der Waals surface area contributed by atoms with Crippen molar-refractivity contribution in [2.24, 2.45) is 5.92 Å². The summed E-state index contributed by atoms with van der Waals surface area (Å²) in [5, 5.41) is 11.3. The van der Waals surface area contributed by atoms with Crippen LogP contribution in [0.3, 0.4) is 0 Å². The van der Waals surface area contributed by atoms with Crippen molar-refractivity contribution in [1.82, 2.24) is 0 Å². The predicted molar refractivity (Wildman–Crippen MR) is 83.9 cm³/mol. The van der Waals surface area contributed by atoms with Gasteiger partial charge in [0, 0.05) is 26.2 Å². The van der Waals surface area contributed by atoms with E-state index in [-0.39, 0.29) is 0 Å². The molecule has 1 aromatic carbocycles. The summed E-state index contributed by atoms with van der Waals surface area (Å²) in [5.74, 6) is -0.456. The average Bonchev–Trinajstić information content (AvgIpc) is 2.76. The Labute approximate surface area is 127 Å². The lowest BCUT2D eigenvalue weighted by Gasteiger charge is -2.36. The van der Waals surface area contributed by atoms with Gasteiger partial charge in [0.05, 0.1) is 0 Å². The smallest absolute Gasteiger partial charge is 0.194 e. The number of methoxy groups -OCH3 is 2. The third-order valence-electron chi connectivity index (χ3n) is 4.71. The first-order chi connectivity index (χ1) is 9.93. The van der Waals surface area contributed by atoms with Crippen molar-refractivity contribution in [1.29, 1.82) is 0 Å². The maximum atomic E-state index is 11.3. The van der Waals surface area contributed by atoms with E-state index < -0.39 is 11.4 Å². The van der Waals surface area contributed by atoms with Gasteiger partial charge in [-0.15, -0.1) is 0 Å². The van der Waals surface area contributed by atoms with Crippen molar-refractivity contribution in [3.8, 4) is 0 Å². The molecular formula is C18H26O3. The van der Waals surface area contributed by atoms with Gasteiger partial charge < -0.3 is 14.6 Å². The lowest BCUT2D eigenvalue weighted by atomic mass is 9.81. The largest absolute Gasteiger partial charge is 0.381 e. The fourth-order valence-corrected chi connectivity index (χ4v) is 3.53. The van der Waals surface area contributed by atoms with Crippen molar-refractivity contribution >= 4 is 0 Å². The molecule has 0 saturated heterocycles. The highest BCUT2D eigenvalue weighted by Crippen LogP contribution is 2.46. The first-order valence-corrected chi connectivity index (χ1v) is 7.55. The van der Waals surface area contributed by atoms with E-state index in [9.17, 15) is 5.11 Å². The number of hydrogen-bond donors (Lipinski definition) is 1. The zero-order chi connectivity index (χ0) is 15.7. The minimum absolute atomic E-state index is 0.365. The number of allylic oxidation sites excluding steroid dienone is 1. The second-order valence-electron chi connectivity index (χ2n) is 5.95. The minimum atomic E-state index is -0.937. The van der Waals surface area contributed by atoms with Crippen LogP contribution < -0.4 is 0 Å². The zero-order valence-corrected chi connectivity index (χ0v) is 13.6. The van der Waals surface area contributed by atoms with Crippen molar-refractivity contribution < 1.29 is 14.6 Å². The molecule has 2 atom stereocenters. The van der Waals surface area contributed by atoms with E-state index in [1.165, 1.54) is 0 Å². The monoisotopic (exact) mass is 290 g/mol. The summed E-state index contributed by atoms with van der Waals surface area (Å²) in [4.78, 5) is 0. The molecule has 0 aromatic heterocycles. The van der Waals surface area contributed by atoms with E-state index >= 15 is 0 Å². The Morgan fingerprint density at radius 3 is 2.38 bits per heavy atom. The minimum Gasteiger partial charge on any atom is -0.381 e. The first-order valence-electron chi connectivity index (χ1n) is 7.55. The topological polar surface area (TPSA) is 38.7 Å². The molecule has 3 heteroatoms. The second kappa shape index (κ2) is 5.91. The third-order valence-corrected chi connectivity index (χ3v) is 4.71. The molecule has 0 amide bonds. The molecule has 1 aromatic rings. The van der Waals surface area contributed by atoms with Crippen LogP contribution in [0, 0.1) is 5.92 Å². The summed E-state index contributed by atoms with van der Waals surface area (Å²) in [6, 6.07) is 7.88. The fourth-order valence-electron chi connectivity index (χ4n) is 3.53. The maximum absolute atomic E-state index is 11.3. The van der Waals surface area contributed by atoms with E-state index in [4.69, 9.17) is 9.47 Å². The SMILES string of the molecule is CCC(OC)(OC)c1ccccc1C1(O)CC(C)C=C1C. The van der Waals surface area contributed by atoms with Crippen molar-refractivity contribution in [3.05, 3.63) is 47.0 Å². The van der Waals surface area contributed by atoms with Crippen LogP contribution >= 0.6 is 0 Å². The molecule has 1 N–H and O–H groups in total. The van der Waals surface area contributed by atoms with Gasteiger partial charge in [-0.2, -0.15) is 0 Å². The van der Waals surface area contributed by atoms with E-state index in [1.54, 1.807) is 14.2 Å². The molecular weight excluding hydrogens is 264 g/mol. The van der Waals surface area contributed by atoms with Gasteiger partial charge in [0.1, 0.15) is 5.60 Å². The molecule has 0 radical (unpaired) electrons. The van der Waals surface area contributed by atoms with E-state index in [0.29, 0.717) is 18.8 Å². The van der Waals surface area contributed by atoms with Crippen molar-refractivity contribution in [3.63, 3.8) is 0 Å². The molecule has 1 aliphatic carbocycles. The standard InChI is InChI=1S/C18H26O3/c1-6-18(20-4,21-5)16-10-8-7-9-15(16)17(19)12-13(2)11-14(17)3/h7-11,13,19H,6,12H2,1-5H3. The van der Waals surface area contributed by atoms with Gasteiger partial charge in [0.25, 0.3) is 0 Å². The third kappa shape index (κ3) is 2.54. The van der Waals surface area contributed by atoms with Gasteiger partial charge >= 0.3 is 0 Å². The van der Waals surface area contributed by atoms with Gasteiger partial charge in [0.2, 0.25) is 0 Å². The fraction of sp³-hybridized carbons (Fsp3) is 0.556. The van der Waals surface area contributed by atoms with Crippen LogP contribution in [0.4, 0.5) is 0 Å². The van der Waals surface area contributed by atoms with Gasteiger partial charge in [-0.3, -0.25) is 0 Å². The van der Waals surface area contributed by atoms with Crippen molar-refractivity contribution in [2.75, 3.05) is 14.2 Å². The predicted octanol–water partition coefficient (Wildman–Crippen LogP) is 3.72. The molecule has 21 heavy (non-hydrogen) atoms. The summed E-state index contributed by atoms with van der Waals surface area (Å²) < 4.78 is 11.4. The molecule has 1 aliphatic rings. The van der Waals surface area contributed by atoms with Gasteiger partial charge in [-0.1, -0.05) is 44.2 Å². The van der Waals surface area contributed by atoms with Crippen molar-refractivity contribution in [2.45, 2.75) is 45.0 Å². The Morgan fingerprint density at radius 1 is 1.29 bits per heavy atom. The zero-order valence-electron chi connectivity index (χ0n) is 13.6. The summed E-state index contributed by atoms with van der Waals surface area (Å²) >= 11 is 0. The Kier molecular flexibility index (Phi) is 4.57. The molecule has 0 saturated carbocycles. The average molecular weight is 290 g/mol. The molecule has 0 fully saturated rings. The van der Waals surface area contributed by atoms with Crippen LogP contribution in [-0.2, 0) is 20.9 Å². The molecule has 2 rings (SSSR count). The lowest BCUT2D eigenvalue weighted by molar-refractivity contribution is -0.218. The van der Waals surface area contributed by atoms with E-state index in [1.807, 2.05) is 38.1 Å². The number of benzene rings is 1. The molecule has 0 aliphatic heterocycles. The molecule has 2 unspecified atom stereocenters. The summed E-state index contributed by atoms with van der Waals surface area (Å²) in [5.41, 5.74) is 1.85. The summed E-state index contributed by atoms with van der Waals surface area (Å²) in [7, 11) is 3.29. The van der Waals surface area contributed by atoms with Gasteiger partial charge in [0.15, 0.2) is 5.79 Å². The van der Waals surface area contributed by atoms with Gasteiger partial charge in [-0.05, 0) is 30.4 Å². The van der Waals surface area contributed by atoms with Crippen LogP contribution in [0.1, 0.15) is 44.7 Å². The van der Waals surface area contributed by atoms with Crippen LogP contribution in [-0.4, -0.2) is 19.3 Å². The highest BCUT2D eigenvalue weighted by Gasteiger charge is 2.43. The van der Waals surface area contributed by atoms with Crippen LogP contribution in [0.5, 0.6) is 0 Å². The second-order valence-corrected chi connectivity index (χ2v) is 5.95. The summed E-state index contributed by atoms with van der Waals surface area (Å²) in [6.07, 6.45) is 3.51. The summed E-state index contributed by atoms with van der Waals surface area (Å²) in [6.45, 7) is 6.14. The molecule has 116 valence electrons. The van der Waals surface area contributed by atoms with E-state index in [2.05, 4.69) is 13.0 Å².